The molecule has 1 aromatic rings. The van der Waals surface area contributed by atoms with Crippen LogP contribution in [-0.2, 0) is 4.74 Å². The van der Waals surface area contributed by atoms with Crippen LogP contribution in [0.25, 0.3) is 0 Å². The molecule has 2 aliphatic heterocycles. The van der Waals surface area contributed by atoms with Crippen LogP contribution in [0.3, 0.4) is 0 Å². The van der Waals surface area contributed by atoms with Crippen LogP contribution in [0.4, 0.5) is 0 Å². The maximum atomic E-state index is 12.3. The van der Waals surface area contributed by atoms with E-state index in [2.05, 4.69) is 6.92 Å². The molecule has 4 heteroatoms. The Balaban J connectivity index is 1.72. The minimum Gasteiger partial charge on any atom is -0.373 e. The number of amides is 1. The van der Waals surface area contributed by atoms with E-state index in [9.17, 15) is 4.79 Å². The molecule has 2 fully saturated rings. The van der Waals surface area contributed by atoms with Crippen molar-refractivity contribution in [3.05, 3.63) is 21.9 Å². The normalized spacial score (nSPS) is 31.9. The van der Waals surface area contributed by atoms with Gasteiger partial charge >= 0.3 is 0 Å². The van der Waals surface area contributed by atoms with E-state index in [4.69, 9.17) is 4.74 Å². The molecule has 2 aliphatic rings. The van der Waals surface area contributed by atoms with Gasteiger partial charge in [-0.25, -0.2) is 0 Å². The van der Waals surface area contributed by atoms with Crippen molar-refractivity contribution in [2.75, 3.05) is 13.1 Å². The highest BCUT2D eigenvalue weighted by molar-refractivity contribution is 7.12. The third-order valence-electron chi connectivity index (χ3n) is 3.77. The lowest BCUT2D eigenvalue weighted by Gasteiger charge is -2.17. The molecule has 0 unspecified atom stereocenters. The number of rotatable bonds is 1. The second-order valence-corrected chi connectivity index (χ2v) is 6.04. The summed E-state index contributed by atoms with van der Waals surface area (Å²) in [5.41, 5.74) is 1.09. The Hall–Kier alpha value is -0.870. The molecule has 3 nitrogen and oxygen atoms in total. The Morgan fingerprint density at radius 3 is 3.00 bits per heavy atom. The number of likely N-dealkylation sites (tertiary alicyclic amines) is 1. The molecule has 0 radical (unpaired) electrons. The molecule has 2 saturated heterocycles. The zero-order valence-corrected chi connectivity index (χ0v) is 11.0. The Bertz CT molecular complexity index is 428. The van der Waals surface area contributed by atoms with Crippen LogP contribution in [0, 0.1) is 12.8 Å². The fraction of sp³-hybridized carbons (Fsp3) is 0.615. The van der Waals surface area contributed by atoms with Crippen molar-refractivity contribution in [1.29, 1.82) is 0 Å². The Morgan fingerprint density at radius 2 is 2.35 bits per heavy atom. The Morgan fingerprint density at radius 1 is 1.53 bits per heavy atom. The zero-order valence-electron chi connectivity index (χ0n) is 10.2. The summed E-state index contributed by atoms with van der Waals surface area (Å²) in [6.45, 7) is 5.75. The van der Waals surface area contributed by atoms with Gasteiger partial charge in [0.25, 0.3) is 5.91 Å². The predicted octanol–water partition coefficient (Wildman–Crippen LogP) is 2.31. The fourth-order valence-electron chi connectivity index (χ4n) is 2.90. The van der Waals surface area contributed by atoms with Crippen molar-refractivity contribution in [2.24, 2.45) is 5.92 Å². The summed E-state index contributed by atoms with van der Waals surface area (Å²) in [6, 6.07) is 2.01. The molecule has 0 spiro atoms. The Kier molecular flexibility index (Phi) is 2.71. The number of fused-ring (bicyclic) bond motifs is 1. The number of ether oxygens (including phenoxy) is 1. The van der Waals surface area contributed by atoms with Gasteiger partial charge in [0.05, 0.1) is 17.1 Å². The van der Waals surface area contributed by atoms with E-state index in [0.717, 1.165) is 30.0 Å². The van der Waals surface area contributed by atoms with Crippen molar-refractivity contribution in [3.63, 3.8) is 0 Å². The first-order valence-electron chi connectivity index (χ1n) is 6.14. The maximum Gasteiger partial charge on any atom is 0.264 e. The molecule has 3 atom stereocenters. The number of nitrogens with zero attached hydrogens (tertiary/aromatic N) is 1. The van der Waals surface area contributed by atoms with E-state index >= 15 is 0 Å². The summed E-state index contributed by atoms with van der Waals surface area (Å²) in [4.78, 5) is 15.2. The van der Waals surface area contributed by atoms with Crippen LogP contribution < -0.4 is 0 Å². The standard InChI is InChI=1S/C13H17NO2S/c1-8-3-4-17-12(8)13(15)14-6-10-5-9(2)16-11(10)7-14/h3-4,9-11H,5-7H2,1-2H3/t9-,10+,11-/m1/s1. The summed E-state index contributed by atoms with van der Waals surface area (Å²) < 4.78 is 5.82. The average molecular weight is 251 g/mol. The lowest BCUT2D eigenvalue weighted by molar-refractivity contribution is 0.0444. The van der Waals surface area contributed by atoms with E-state index in [-0.39, 0.29) is 12.0 Å². The van der Waals surface area contributed by atoms with Gasteiger partial charge in [0, 0.05) is 19.0 Å². The summed E-state index contributed by atoms with van der Waals surface area (Å²) in [7, 11) is 0. The zero-order chi connectivity index (χ0) is 12.0. The SMILES string of the molecule is Cc1ccsc1C(=O)N1C[C@@H]2C[C@@H](C)O[C@@H]2C1. The van der Waals surface area contributed by atoms with Gasteiger partial charge in [-0.1, -0.05) is 0 Å². The largest absolute Gasteiger partial charge is 0.373 e. The van der Waals surface area contributed by atoms with Crippen molar-refractivity contribution in [2.45, 2.75) is 32.5 Å². The van der Waals surface area contributed by atoms with Gasteiger partial charge in [0.1, 0.15) is 0 Å². The van der Waals surface area contributed by atoms with E-state index < -0.39 is 0 Å². The second-order valence-electron chi connectivity index (χ2n) is 5.12. The van der Waals surface area contributed by atoms with Gasteiger partial charge in [0.2, 0.25) is 0 Å². The molecule has 0 bridgehead atoms. The molecule has 1 amide bonds. The van der Waals surface area contributed by atoms with Crippen LogP contribution >= 0.6 is 11.3 Å². The van der Waals surface area contributed by atoms with Crippen molar-refractivity contribution < 1.29 is 9.53 Å². The highest BCUT2D eigenvalue weighted by Crippen LogP contribution is 2.34. The fourth-order valence-corrected chi connectivity index (χ4v) is 3.80. The molecule has 0 N–H and O–H groups in total. The van der Waals surface area contributed by atoms with E-state index in [1.807, 2.05) is 23.3 Å². The first kappa shape index (κ1) is 11.2. The van der Waals surface area contributed by atoms with E-state index in [1.54, 1.807) is 11.3 Å². The molecule has 0 aliphatic carbocycles. The van der Waals surface area contributed by atoms with Crippen LogP contribution in [0.15, 0.2) is 11.4 Å². The number of carbonyl (C=O) groups is 1. The van der Waals surface area contributed by atoms with Crippen molar-refractivity contribution in [1.82, 2.24) is 4.90 Å². The van der Waals surface area contributed by atoms with Gasteiger partial charge in [0.15, 0.2) is 0 Å². The van der Waals surface area contributed by atoms with Gasteiger partial charge in [-0.05, 0) is 37.3 Å². The number of carbonyl (C=O) groups excluding carboxylic acids is 1. The minimum atomic E-state index is 0.183. The lowest BCUT2D eigenvalue weighted by Crippen LogP contribution is -2.31. The second kappa shape index (κ2) is 4.10. The summed E-state index contributed by atoms with van der Waals surface area (Å²) >= 11 is 1.54. The molecular weight excluding hydrogens is 234 g/mol. The Labute approximate surface area is 105 Å². The molecular formula is C13H17NO2S. The quantitative estimate of drug-likeness (QED) is 0.766. The van der Waals surface area contributed by atoms with Crippen LogP contribution in [-0.4, -0.2) is 36.1 Å². The van der Waals surface area contributed by atoms with Crippen molar-refractivity contribution >= 4 is 17.2 Å². The van der Waals surface area contributed by atoms with Crippen molar-refractivity contribution in [3.8, 4) is 0 Å². The van der Waals surface area contributed by atoms with Gasteiger partial charge in [-0.3, -0.25) is 4.79 Å². The lowest BCUT2D eigenvalue weighted by atomic mass is 10.0. The molecule has 17 heavy (non-hydrogen) atoms. The van der Waals surface area contributed by atoms with Crippen LogP contribution in [0.5, 0.6) is 0 Å². The monoisotopic (exact) mass is 251 g/mol. The molecule has 0 saturated carbocycles. The highest BCUT2D eigenvalue weighted by Gasteiger charge is 2.42. The maximum absolute atomic E-state index is 12.3. The molecule has 92 valence electrons. The minimum absolute atomic E-state index is 0.183. The summed E-state index contributed by atoms with van der Waals surface area (Å²) in [6.07, 6.45) is 1.73. The van der Waals surface area contributed by atoms with Gasteiger partial charge in [-0.2, -0.15) is 0 Å². The topological polar surface area (TPSA) is 29.5 Å². The van der Waals surface area contributed by atoms with E-state index in [0.29, 0.717) is 12.0 Å². The predicted molar refractivity (Wildman–Crippen MR) is 67.4 cm³/mol. The molecule has 1 aromatic heterocycles. The van der Waals surface area contributed by atoms with Crippen LogP contribution in [0.1, 0.15) is 28.6 Å². The molecule has 3 rings (SSSR count). The number of thiophene rings is 1. The van der Waals surface area contributed by atoms with Crippen LogP contribution in [0.2, 0.25) is 0 Å². The first-order valence-corrected chi connectivity index (χ1v) is 7.02. The number of aryl methyl sites for hydroxylation is 1. The van der Waals surface area contributed by atoms with Gasteiger partial charge < -0.3 is 9.64 Å². The number of hydrogen-bond donors (Lipinski definition) is 0. The highest BCUT2D eigenvalue weighted by atomic mass is 32.1. The van der Waals surface area contributed by atoms with E-state index in [1.165, 1.54) is 0 Å². The third-order valence-corrected chi connectivity index (χ3v) is 4.77. The summed E-state index contributed by atoms with van der Waals surface area (Å²) in [5.74, 6) is 0.734. The smallest absolute Gasteiger partial charge is 0.264 e. The molecule has 0 aromatic carbocycles. The summed E-state index contributed by atoms with van der Waals surface area (Å²) in [5, 5.41) is 1.98. The molecule has 3 heterocycles. The first-order chi connectivity index (χ1) is 8.15. The third kappa shape index (κ3) is 1.89. The van der Waals surface area contributed by atoms with Gasteiger partial charge in [-0.15, -0.1) is 11.3 Å². The average Bonchev–Trinajstić information content (AvgIpc) is 2.90. The number of hydrogen-bond acceptors (Lipinski definition) is 3.